The van der Waals surface area contributed by atoms with Gasteiger partial charge in [0.05, 0.1) is 27.8 Å². The topological polar surface area (TPSA) is 115 Å². The van der Waals surface area contributed by atoms with Crippen LogP contribution in [0.1, 0.15) is 47.2 Å². The molecular formula is C24H25Cl2N5O4S. The molecule has 2 amide bonds. The molecule has 0 radical (unpaired) electrons. The number of halogens is 2. The van der Waals surface area contributed by atoms with Crippen molar-refractivity contribution in [3.05, 3.63) is 63.4 Å². The second-order valence-electron chi connectivity index (χ2n) is 9.40. The molecule has 2 aromatic heterocycles. The Balaban J connectivity index is 1.72. The first-order chi connectivity index (χ1) is 16.9. The average molecular weight is 550 g/mol. The van der Waals surface area contributed by atoms with E-state index in [0.29, 0.717) is 27.8 Å². The number of amides is 2. The molecule has 1 fully saturated rings. The second-order valence-corrected chi connectivity index (χ2v) is 11.8. The maximum Gasteiger partial charge on any atom is 0.274 e. The summed E-state index contributed by atoms with van der Waals surface area (Å²) in [6.07, 6.45) is 1.27. The van der Waals surface area contributed by atoms with Crippen LogP contribution in [0.4, 0.5) is 5.69 Å². The van der Waals surface area contributed by atoms with Crippen LogP contribution in [0.2, 0.25) is 10.0 Å². The van der Waals surface area contributed by atoms with Gasteiger partial charge in [0, 0.05) is 33.6 Å². The fourth-order valence-corrected chi connectivity index (χ4v) is 4.89. The fraction of sp³-hybridized carbons (Fsp3) is 0.333. The van der Waals surface area contributed by atoms with E-state index in [1.165, 1.54) is 23.0 Å². The SMILES string of the molecule is Cc1cc(Cl)cc(C(=O)NC(C)(C)C)c1NC(=O)c1cc(OC2CS(=O)C2)nn1-c1ncccc1Cl. The van der Waals surface area contributed by atoms with Crippen molar-refractivity contribution in [2.45, 2.75) is 39.3 Å². The molecular weight excluding hydrogens is 525 g/mol. The minimum atomic E-state index is -0.910. The number of rotatable bonds is 6. The van der Waals surface area contributed by atoms with Crippen LogP contribution in [0.5, 0.6) is 5.88 Å². The quantitative estimate of drug-likeness (QED) is 0.476. The average Bonchev–Trinajstić information content (AvgIpc) is 3.17. The Kier molecular flexibility index (Phi) is 7.40. The first-order valence-corrected chi connectivity index (χ1v) is 13.3. The molecule has 0 bridgehead atoms. The van der Waals surface area contributed by atoms with Crippen LogP contribution in [0.25, 0.3) is 5.82 Å². The van der Waals surface area contributed by atoms with Crippen LogP contribution >= 0.6 is 23.2 Å². The van der Waals surface area contributed by atoms with Gasteiger partial charge in [-0.1, -0.05) is 23.2 Å². The number of anilines is 1. The van der Waals surface area contributed by atoms with E-state index in [-0.39, 0.29) is 40.0 Å². The summed E-state index contributed by atoms with van der Waals surface area (Å²) < 4.78 is 18.5. The lowest BCUT2D eigenvalue weighted by atomic mass is 10.0. The fourth-order valence-electron chi connectivity index (χ4n) is 3.55. The van der Waals surface area contributed by atoms with Gasteiger partial charge in [-0.3, -0.25) is 13.8 Å². The third-order valence-electron chi connectivity index (χ3n) is 5.16. The van der Waals surface area contributed by atoms with Gasteiger partial charge >= 0.3 is 0 Å². The largest absolute Gasteiger partial charge is 0.471 e. The van der Waals surface area contributed by atoms with E-state index >= 15 is 0 Å². The summed E-state index contributed by atoms with van der Waals surface area (Å²) in [5.74, 6) is 0.249. The maximum atomic E-state index is 13.5. The summed E-state index contributed by atoms with van der Waals surface area (Å²) in [6, 6.07) is 7.91. The summed E-state index contributed by atoms with van der Waals surface area (Å²) in [7, 11) is -0.910. The van der Waals surface area contributed by atoms with E-state index < -0.39 is 22.2 Å². The lowest BCUT2D eigenvalue weighted by Crippen LogP contribution is -2.41. The van der Waals surface area contributed by atoms with Gasteiger partial charge in [0.15, 0.2) is 5.82 Å². The number of ether oxygens (including phenoxy) is 1. The number of nitrogens with zero attached hydrogens (tertiary/aromatic N) is 3. The molecule has 0 unspecified atom stereocenters. The number of carbonyl (C=O) groups excluding carboxylic acids is 2. The molecule has 0 atom stereocenters. The summed E-state index contributed by atoms with van der Waals surface area (Å²) >= 11 is 12.6. The van der Waals surface area contributed by atoms with Crippen LogP contribution in [0.3, 0.4) is 0 Å². The summed E-state index contributed by atoms with van der Waals surface area (Å²) in [5, 5.41) is 10.7. The van der Waals surface area contributed by atoms with E-state index in [2.05, 4.69) is 20.7 Å². The molecule has 36 heavy (non-hydrogen) atoms. The third kappa shape index (κ3) is 5.88. The Morgan fingerprint density at radius 1 is 1.17 bits per heavy atom. The zero-order valence-corrected chi connectivity index (χ0v) is 22.4. The number of aromatic nitrogens is 3. The summed E-state index contributed by atoms with van der Waals surface area (Å²) in [6.45, 7) is 7.31. The van der Waals surface area contributed by atoms with Crippen LogP contribution in [-0.2, 0) is 10.8 Å². The monoisotopic (exact) mass is 549 g/mol. The molecule has 190 valence electrons. The van der Waals surface area contributed by atoms with Crippen molar-refractivity contribution >= 4 is 51.5 Å². The van der Waals surface area contributed by atoms with E-state index in [9.17, 15) is 13.8 Å². The van der Waals surface area contributed by atoms with Gasteiger partial charge in [-0.2, -0.15) is 0 Å². The Morgan fingerprint density at radius 3 is 2.53 bits per heavy atom. The Labute approximate surface area is 221 Å². The molecule has 1 aliphatic heterocycles. The lowest BCUT2D eigenvalue weighted by Gasteiger charge is -2.24. The van der Waals surface area contributed by atoms with Crippen molar-refractivity contribution < 1.29 is 18.5 Å². The van der Waals surface area contributed by atoms with Crippen LogP contribution in [-0.4, -0.2) is 53.9 Å². The van der Waals surface area contributed by atoms with Crippen LogP contribution < -0.4 is 15.4 Å². The Morgan fingerprint density at radius 2 is 1.89 bits per heavy atom. The zero-order valence-electron chi connectivity index (χ0n) is 20.1. The number of nitrogens with one attached hydrogen (secondary N) is 2. The number of aryl methyl sites for hydroxylation is 1. The van der Waals surface area contributed by atoms with Crippen molar-refractivity contribution in [1.82, 2.24) is 20.1 Å². The molecule has 1 saturated heterocycles. The van der Waals surface area contributed by atoms with Gasteiger partial charge in [0.25, 0.3) is 11.8 Å². The molecule has 3 heterocycles. The number of carbonyl (C=O) groups is 2. The molecule has 0 spiro atoms. The predicted molar refractivity (Wildman–Crippen MR) is 140 cm³/mol. The van der Waals surface area contributed by atoms with Gasteiger partial charge in [-0.25, -0.2) is 9.67 Å². The van der Waals surface area contributed by atoms with Gasteiger partial charge in [-0.05, 0) is 57.5 Å². The highest BCUT2D eigenvalue weighted by Gasteiger charge is 2.30. The minimum Gasteiger partial charge on any atom is -0.471 e. The molecule has 1 aromatic carbocycles. The van der Waals surface area contributed by atoms with Crippen LogP contribution in [0, 0.1) is 6.92 Å². The number of hydrogen-bond acceptors (Lipinski definition) is 6. The Bertz CT molecular complexity index is 1360. The standard InChI is InChI=1S/C24H25Cl2N5O4S/c1-13-8-14(25)9-16(22(32)29-24(2,3)4)20(13)28-23(33)18-10-19(35-15-11-36(34)12-15)30-31(18)21-17(26)6-5-7-27-21/h5-10,15H,11-12H2,1-4H3,(H,28,33)(H,29,32). The van der Waals surface area contributed by atoms with Crippen molar-refractivity contribution in [3.63, 3.8) is 0 Å². The molecule has 2 N–H and O–H groups in total. The number of benzene rings is 1. The highest BCUT2D eigenvalue weighted by molar-refractivity contribution is 7.86. The van der Waals surface area contributed by atoms with Crippen molar-refractivity contribution in [2.24, 2.45) is 0 Å². The highest BCUT2D eigenvalue weighted by atomic mass is 35.5. The molecule has 0 aliphatic carbocycles. The van der Waals surface area contributed by atoms with E-state index in [1.807, 2.05) is 20.8 Å². The zero-order chi connectivity index (χ0) is 26.2. The summed E-state index contributed by atoms with van der Waals surface area (Å²) in [5.41, 5.74) is 0.717. The predicted octanol–water partition coefficient (Wildman–Crippen LogP) is 4.17. The maximum absolute atomic E-state index is 13.5. The molecule has 4 rings (SSSR count). The molecule has 3 aromatic rings. The van der Waals surface area contributed by atoms with Crippen molar-refractivity contribution in [2.75, 3.05) is 16.8 Å². The molecule has 1 aliphatic rings. The van der Waals surface area contributed by atoms with E-state index in [1.54, 1.807) is 25.1 Å². The normalized spacial score (nSPS) is 17.3. The van der Waals surface area contributed by atoms with Gasteiger partial charge in [0.2, 0.25) is 5.88 Å². The molecule has 12 heteroatoms. The van der Waals surface area contributed by atoms with E-state index in [4.69, 9.17) is 27.9 Å². The van der Waals surface area contributed by atoms with Gasteiger partial charge in [0.1, 0.15) is 11.8 Å². The van der Waals surface area contributed by atoms with Crippen LogP contribution in [0.15, 0.2) is 36.5 Å². The van der Waals surface area contributed by atoms with Gasteiger partial charge in [-0.15, -0.1) is 5.10 Å². The second kappa shape index (κ2) is 10.2. The Hall–Kier alpha value is -2.95. The minimum absolute atomic E-state index is 0.0857. The summed E-state index contributed by atoms with van der Waals surface area (Å²) in [4.78, 5) is 30.8. The molecule has 0 saturated carbocycles. The number of hydrogen-bond donors (Lipinski definition) is 2. The third-order valence-corrected chi connectivity index (χ3v) is 7.16. The number of pyridine rings is 1. The van der Waals surface area contributed by atoms with Crippen molar-refractivity contribution in [3.8, 4) is 11.7 Å². The highest BCUT2D eigenvalue weighted by Crippen LogP contribution is 2.29. The van der Waals surface area contributed by atoms with Gasteiger partial charge < -0.3 is 15.4 Å². The first kappa shape index (κ1) is 26.1. The van der Waals surface area contributed by atoms with E-state index in [0.717, 1.165) is 0 Å². The molecule has 9 nitrogen and oxygen atoms in total. The smallest absolute Gasteiger partial charge is 0.274 e. The lowest BCUT2D eigenvalue weighted by molar-refractivity contribution is 0.0920. The first-order valence-electron chi connectivity index (χ1n) is 11.1. The van der Waals surface area contributed by atoms with Crippen molar-refractivity contribution in [1.29, 1.82) is 0 Å².